The number of anilines is 1. The molecule has 0 saturated heterocycles. The summed E-state index contributed by atoms with van der Waals surface area (Å²) in [6.07, 6.45) is 0.354. The molecule has 3 aromatic carbocycles. The lowest BCUT2D eigenvalue weighted by molar-refractivity contribution is -0.121. The first-order chi connectivity index (χ1) is 21.4. The van der Waals surface area contributed by atoms with Gasteiger partial charge in [-0.15, -0.1) is 0 Å². The number of hydrogen-bond donors (Lipinski definition) is 4. The maximum absolute atomic E-state index is 13.3. The molecule has 2 amide bonds. The molecule has 0 spiro atoms. The summed E-state index contributed by atoms with van der Waals surface area (Å²) in [4.78, 5) is 32.7. The normalized spacial score (nSPS) is 12.1. The number of methoxy groups -OCH3 is 1. The van der Waals surface area contributed by atoms with E-state index >= 15 is 0 Å². The van der Waals surface area contributed by atoms with Gasteiger partial charge in [-0.3, -0.25) is 10.1 Å². The van der Waals surface area contributed by atoms with E-state index in [-0.39, 0.29) is 18.9 Å². The third kappa shape index (κ3) is 9.54. The van der Waals surface area contributed by atoms with Crippen molar-refractivity contribution >= 4 is 50.9 Å². The van der Waals surface area contributed by atoms with Gasteiger partial charge in [0.25, 0.3) is 0 Å². The van der Waals surface area contributed by atoms with Crippen LogP contribution in [-0.4, -0.2) is 42.7 Å². The lowest BCUT2D eigenvalue weighted by atomic mass is 10.0. The number of nitrogens with zero attached hydrogens (tertiary/aromatic N) is 1. The number of benzene rings is 3. The van der Waals surface area contributed by atoms with Crippen molar-refractivity contribution in [2.45, 2.75) is 50.9 Å². The van der Waals surface area contributed by atoms with Crippen LogP contribution >= 0.6 is 23.2 Å². The SMILES string of the molecule is COC(=O)Nc1ccc(-c2nc([C@H](Cc3ccccc3)NC(=O)CCc3cc(Cl)ccc3CNS(=O)(=O)C(C)C)[nH]c2Cl)cc1. The van der Waals surface area contributed by atoms with Crippen LogP contribution in [-0.2, 0) is 38.9 Å². The Labute approximate surface area is 272 Å². The lowest BCUT2D eigenvalue weighted by Crippen LogP contribution is -2.31. The lowest BCUT2D eigenvalue weighted by Gasteiger charge is -2.18. The van der Waals surface area contributed by atoms with E-state index in [1.54, 1.807) is 56.3 Å². The fourth-order valence-electron chi connectivity index (χ4n) is 4.53. The molecule has 10 nitrogen and oxygen atoms in total. The van der Waals surface area contributed by atoms with Crippen LogP contribution in [0.2, 0.25) is 10.2 Å². The highest BCUT2D eigenvalue weighted by molar-refractivity contribution is 7.90. The molecule has 0 aliphatic heterocycles. The summed E-state index contributed by atoms with van der Waals surface area (Å²) in [6, 6.07) is 21.3. The van der Waals surface area contributed by atoms with Crippen LogP contribution in [0.3, 0.4) is 0 Å². The first kappa shape index (κ1) is 34.0. The summed E-state index contributed by atoms with van der Waals surface area (Å²) in [5, 5.41) is 5.92. The van der Waals surface area contributed by atoms with Gasteiger partial charge in [-0.25, -0.2) is 22.9 Å². The number of ether oxygens (including phenoxy) is 1. The predicted molar refractivity (Wildman–Crippen MR) is 177 cm³/mol. The zero-order valence-corrected chi connectivity index (χ0v) is 27.4. The fourth-order valence-corrected chi connectivity index (χ4v) is 5.66. The number of carbonyl (C=O) groups excluding carboxylic acids is 2. The Kier molecular flexibility index (Phi) is 11.6. The van der Waals surface area contributed by atoms with E-state index in [1.165, 1.54) is 7.11 Å². The molecule has 45 heavy (non-hydrogen) atoms. The number of rotatable bonds is 13. The third-order valence-electron chi connectivity index (χ3n) is 7.09. The number of amides is 2. The van der Waals surface area contributed by atoms with Gasteiger partial charge in [-0.2, -0.15) is 0 Å². The number of sulfonamides is 1. The highest BCUT2D eigenvalue weighted by Gasteiger charge is 2.22. The first-order valence-electron chi connectivity index (χ1n) is 14.2. The second kappa shape index (κ2) is 15.4. The molecule has 0 aliphatic rings. The van der Waals surface area contributed by atoms with E-state index in [4.69, 9.17) is 28.2 Å². The minimum atomic E-state index is -3.47. The van der Waals surface area contributed by atoms with Gasteiger partial charge in [0.05, 0.1) is 18.4 Å². The van der Waals surface area contributed by atoms with Crippen LogP contribution in [0.1, 0.15) is 48.8 Å². The summed E-state index contributed by atoms with van der Waals surface area (Å²) in [7, 11) is -2.18. The van der Waals surface area contributed by atoms with E-state index in [0.717, 1.165) is 16.7 Å². The standard InChI is InChI=1S/C32H35Cl2N5O5S/c1-20(2)45(42,43)35-19-24-9-13-25(33)18-23(24)12-16-28(40)37-27(17-21-7-5-4-6-8-21)31-38-29(30(34)39-31)22-10-14-26(15-11-22)36-32(41)44-3/h4-11,13-15,18,20,27,35H,12,16-17,19H2,1-3H3,(H,36,41)(H,37,40)(H,38,39)/t27-/m0/s1. The molecule has 1 heterocycles. The molecule has 4 aromatic rings. The van der Waals surface area contributed by atoms with E-state index < -0.39 is 27.4 Å². The van der Waals surface area contributed by atoms with Crippen molar-refractivity contribution < 1.29 is 22.7 Å². The molecule has 4 rings (SSSR count). The number of halogens is 2. The number of hydrogen-bond acceptors (Lipinski definition) is 6. The Morgan fingerprint density at radius 2 is 1.69 bits per heavy atom. The molecule has 0 saturated carbocycles. The third-order valence-corrected chi connectivity index (χ3v) is 9.39. The monoisotopic (exact) mass is 671 g/mol. The summed E-state index contributed by atoms with van der Waals surface area (Å²) in [5.74, 6) is 0.257. The minimum absolute atomic E-state index is 0.0959. The van der Waals surface area contributed by atoms with E-state index in [1.807, 2.05) is 30.3 Å². The fraction of sp³-hybridized carbons (Fsp3) is 0.281. The summed E-state index contributed by atoms with van der Waals surface area (Å²) >= 11 is 12.8. The van der Waals surface area contributed by atoms with Crippen molar-refractivity contribution in [2.24, 2.45) is 0 Å². The molecule has 13 heteroatoms. The van der Waals surface area contributed by atoms with Gasteiger partial charge in [-0.1, -0.05) is 71.7 Å². The molecule has 0 unspecified atom stereocenters. The molecular formula is C32H35Cl2N5O5S. The molecule has 0 radical (unpaired) electrons. The highest BCUT2D eigenvalue weighted by Crippen LogP contribution is 2.30. The Balaban J connectivity index is 1.51. The number of aromatic nitrogens is 2. The van der Waals surface area contributed by atoms with Crippen molar-refractivity contribution in [1.29, 1.82) is 0 Å². The van der Waals surface area contributed by atoms with Crippen molar-refractivity contribution in [3.8, 4) is 11.3 Å². The average Bonchev–Trinajstić information content (AvgIpc) is 3.41. The molecular weight excluding hydrogens is 637 g/mol. The number of aromatic amines is 1. The van der Waals surface area contributed by atoms with Crippen molar-refractivity contribution in [3.05, 3.63) is 105 Å². The van der Waals surface area contributed by atoms with Gasteiger partial charge < -0.3 is 15.0 Å². The minimum Gasteiger partial charge on any atom is -0.453 e. The number of carbonyl (C=O) groups is 2. The number of imidazole rings is 1. The van der Waals surface area contributed by atoms with Crippen LogP contribution in [0.25, 0.3) is 11.3 Å². The second-order valence-electron chi connectivity index (χ2n) is 10.6. The Morgan fingerprint density at radius 1 is 0.978 bits per heavy atom. The topological polar surface area (TPSA) is 142 Å². The van der Waals surface area contributed by atoms with Crippen LogP contribution in [0.4, 0.5) is 10.5 Å². The van der Waals surface area contributed by atoms with Gasteiger partial charge in [0, 0.05) is 29.2 Å². The molecule has 0 bridgehead atoms. The zero-order chi connectivity index (χ0) is 32.6. The maximum atomic E-state index is 13.3. The predicted octanol–water partition coefficient (Wildman–Crippen LogP) is 6.42. The summed E-state index contributed by atoms with van der Waals surface area (Å²) < 4.78 is 31.8. The van der Waals surface area contributed by atoms with Crippen LogP contribution in [0.5, 0.6) is 0 Å². The Hall–Kier alpha value is -3.90. The van der Waals surface area contributed by atoms with Crippen molar-refractivity contribution in [3.63, 3.8) is 0 Å². The molecule has 0 aliphatic carbocycles. The first-order valence-corrected chi connectivity index (χ1v) is 16.5. The molecule has 0 fully saturated rings. The summed E-state index contributed by atoms with van der Waals surface area (Å²) in [6.45, 7) is 3.31. The van der Waals surface area contributed by atoms with Crippen molar-refractivity contribution in [2.75, 3.05) is 12.4 Å². The zero-order valence-electron chi connectivity index (χ0n) is 25.1. The molecule has 4 N–H and O–H groups in total. The van der Waals surface area contributed by atoms with Gasteiger partial charge in [0.2, 0.25) is 15.9 Å². The average molecular weight is 673 g/mol. The molecule has 238 valence electrons. The highest BCUT2D eigenvalue weighted by atomic mass is 35.5. The molecule has 1 aromatic heterocycles. The number of H-pyrrole nitrogens is 1. The van der Waals surface area contributed by atoms with E-state index in [2.05, 4.69) is 25.1 Å². The summed E-state index contributed by atoms with van der Waals surface area (Å²) in [5.41, 5.74) is 4.27. The maximum Gasteiger partial charge on any atom is 0.411 e. The number of nitrogens with one attached hydrogen (secondary N) is 4. The quantitative estimate of drug-likeness (QED) is 0.129. The van der Waals surface area contributed by atoms with E-state index in [0.29, 0.717) is 45.8 Å². The van der Waals surface area contributed by atoms with Crippen LogP contribution in [0.15, 0.2) is 72.8 Å². The molecule has 1 atom stereocenters. The van der Waals surface area contributed by atoms with Gasteiger partial charge in [0.15, 0.2) is 0 Å². The van der Waals surface area contributed by atoms with Gasteiger partial charge >= 0.3 is 6.09 Å². The second-order valence-corrected chi connectivity index (χ2v) is 13.8. The number of aryl methyl sites for hydroxylation is 1. The largest absolute Gasteiger partial charge is 0.453 e. The van der Waals surface area contributed by atoms with Crippen LogP contribution < -0.4 is 15.4 Å². The Morgan fingerprint density at radius 3 is 2.36 bits per heavy atom. The van der Waals surface area contributed by atoms with E-state index in [9.17, 15) is 18.0 Å². The smallest absolute Gasteiger partial charge is 0.411 e. The van der Waals surface area contributed by atoms with Gasteiger partial charge in [0.1, 0.15) is 16.7 Å². The van der Waals surface area contributed by atoms with Crippen molar-refractivity contribution in [1.82, 2.24) is 20.0 Å². The van der Waals surface area contributed by atoms with Crippen LogP contribution in [0, 0.1) is 0 Å². The van der Waals surface area contributed by atoms with Gasteiger partial charge in [-0.05, 0) is 67.6 Å². The Bertz CT molecular complexity index is 1730.